The topological polar surface area (TPSA) is 58.2 Å². The van der Waals surface area contributed by atoms with Crippen LogP contribution in [0.4, 0.5) is 0 Å². The standard InChI is InChI=1S/C16H28N2O2S/c1-12(2)14(5)18-21(19,20)11-16-8-6-7-15(9-16)10-17-13(3)4/h6-9,12-14,17-18H,10-11H2,1-5H3. The van der Waals surface area contributed by atoms with Crippen molar-refractivity contribution in [2.45, 2.75) is 59.0 Å². The Morgan fingerprint density at radius 3 is 2.24 bits per heavy atom. The van der Waals surface area contributed by atoms with E-state index in [2.05, 4.69) is 23.9 Å². The van der Waals surface area contributed by atoms with Crippen LogP contribution in [0.3, 0.4) is 0 Å². The van der Waals surface area contributed by atoms with Crippen LogP contribution >= 0.6 is 0 Å². The van der Waals surface area contributed by atoms with Gasteiger partial charge >= 0.3 is 0 Å². The molecule has 120 valence electrons. The highest BCUT2D eigenvalue weighted by molar-refractivity contribution is 7.88. The van der Waals surface area contributed by atoms with Crippen LogP contribution in [0.5, 0.6) is 0 Å². The van der Waals surface area contributed by atoms with E-state index in [1.54, 1.807) is 0 Å². The number of rotatable bonds is 8. The zero-order valence-corrected chi connectivity index (χ0v) is 14.5. The van der Waals surface area contributed by atoms with Crippen molar-refractivity contribution in [3.05, 3.63) is 35.4 Å². The molecule has 0 saturated carbocycles. The number of benzene rings is 1. The van der Waals surface area contributed by atoms with Gasteiger partial charge in [-0.3, -0.25) is 0 Å². The van der Waals surface area contributed by atoms with Crippen molar-refractivity contribution < 1.29 is 8.42 Å². The van der Waals surface area contributed by atoms with Gasteiger partial charge in [0.15, 0.2) is 0 Å². The maximum atomic E-state index is 12.2. The van der Waals surface area contributed by atoms with Gasteiger partial charge in [0.2, 0.25) is 10.0 Å². The first-order chi connectivity index (χ1) is 9.69. The fourth-order valence-electron chi connectivity index (χ4n) is 1.83. The average Bonchev–Trinajstić information content (AvgIpc) is 2.35. The van der Waals surface area contributed by atoms with Crippen LogP contribution in [0, 0.1) is 5.92 Å². The van der Waals surface area contributed by atoms with Gasteiger partial charge in [0, 0.05) is 18.6 Å². The lowest BCUT2D eigenvalue weighted by atomic mass is 10.1. The molecule has 0 saturated heterocycles. The van der Waals surface area contributed by atoms with Crippen molar-refractivity contribution >= 4 is 10.0 Å². The number of sulfonamides is 1. The van der Waals surface area contributed by atoms with E-state index in [1.807, 2.05) is 45.0 Å². The summed E-state index contributed by atoms with van der Waals surface area (Å²) in [6, 6.07) is 8.09. The van der Waals surface area contributed by atoms with Gasteiger partial charge in [-0.1, -0.05) is 52.0 Å². The molecule has 0 radical (unpaired) electrons. The van der Waals surface area contributed by atoms with Crippen LogP contribution < -0.4 is 10.0 Å². The molecule has 1 atom stereocenters. The van der Waals surface area contributed by atoms with Gasteiger partial charge in [-0.2, -0.15) is 0 Å². The monoisotopic (exact) mass is 312 g/mol. The fraction of sp³-hybridized carbons (Fsp3) is 0.625. The Morgan fingerprint density at radius 1 is 1.05 bits per heavy atom. The second kappa shape index (κ2) is 7.92. The van der Waals surface area contributed by atoms with E-state index in [9.17, 15) is 8.42 Å². The molecule has 0 heterocycles. The summed E-state index contributed by atoms with van der Waals surface area (Å²) < 4.78 is 27.1. The van der Waals surface area contributed by atoms with E-state index in [-0.39, 0.29) is 17.7 Å². The summed E-state index contributed by atoms with van der Waals surface area (Å²) in [6.07, 6.45) is 0. The molecule has 1 rings (SSSR count). The molecule has 0 bridgehead atoms. The Bertz CT molecular complexity index is 539. The molecular weight excluding hydrogens is 284 g/mol. The van der Waals surface area contributed by atoms with Crippen molar-refractivity contribution in [1.29, 1.82) is 0 Å². The third-order valence-corrected chi connectivity index (χ3v) is 4.87. The Balaban J connectivity index is 2.71. The quantitative estimate of drug-likeness (QED) is 0.776. The molecule has 0 amide bonds. The van der Waals surface area contributed by atoms with Gasteiger partial charge < -0.3 is 5.32 Å². The molecule has 0 aliphatic rings. The van der Waals surface area contributed by atoms with Crippen molar-refractivity contribution in [2.24, 2.45) is 5.92 Å². The average molecular weight is 312 g/mol. The molecule has 0 fully saturated rings. The second-order valence-electron chi connectivity index (χ2n) is 6.27. The van der Waals surface area contributed by atoms with Crippen LogP contribution in [0.1, 0.15) is 45.7 Å². The van der Waals surface area contributed by atoms with Gasteiger partial charge in [-0.05, 0) is 24.0 Å². The van der Waals surface area contributed by atoms with E-state index < -0.39 is 10.0 Å². The molecule has 1 unspecified atom stereocenters. The number of hydrogen-bond acceptors (Lipinski definition) is 3. The van der Waals surface area contributed by atoms with Crippen molar-refractivity contribution in [3.63, 3.8) is 0 Å². The molecule has 0 aliphatic carbocycles. The molecule has 4 nitrogen and oxygen atoms in total. The first-order valence-corrected chi connectivity index (χ1v) is 9.16. The van der Waals surface area contributed by atoms with Crippen LogP contribution in [0.2, 0.25) is 0 Å². The maximum Gasteiger partial charge on any atom is 0.216 e. The first kappa shape index (κ1) is 18.1. The third-order valence-electron chi connectivity index (χ3n) is 3.43. The Hall–Kier alpha value is -0.910. The first-order valence-electron chi connectivity index (χ1n) is 7.51. The molecule has 2 N–H and O–H groups in total. The lowest BCUT2D eigenvalue weighted by Gasteiger charge is -2.17. The summed E-state index contributed by atoms with van der Waals surface area (Å²) in [5, 5.41) is 3.33. The van der Waals surface area contributed by atoms with Gasteiger partial charge in [0.1, 0.15) is 0 Å². The van der Waals surface area contributed by atoms with E-state index in [0.717, 1.165) is 17.7 Å². The molecular formula is C16H28N2O2S. The Labute approximate surface area is 129 Å². The van der Waals surface area contributed by atoms with E-state index >= 15 is 0 Å². The van der Waals surface area contributed by atoms with Crippen LogP contribution in [-0.4, -0.2) is 20.5 Å². The summed E-state index contributed by atoms with van der Waals surface area (Å²) in [5.41, 5.74) is 1.93. The van der Waals surface area contributed by atoms with E-state index in [1.165, 1.54) is 0 Å². The number of hydrogen-bond donors (Lipinski definition) is 2. The lowest BCUT2D eigenvalue weighted by molar-refractivity contribution is 0.476. The fourth-order valence-corrected chi connectivity index (χ4v) is 3.37. The van der Waals surface area contributed by atoms with E-state index in [4.69, 9.17) is 0 Å². The minimum atomic E-state index is -3.30. The maximum absolute atomic E-state index is 12.2. The van der Waals surface area contributed by atoms with Crippen molar-refractivity contribution in [1.82, 2.24) is 10.0 Å². The van der Waals surface area contributed by atoms with Crippen LogP contribution in [0.25, 0.3) is 0 Å². The normalized spacial score (nSPS) is 13.9. The van der Waals surface area contributed by atoms with Gasteiger partial charge in [0.25, 0.3) is 0 Å². The van der Waals surface area contributed by atoms with Crippen molar-refractivity contribution in [3.8, 4) is 0 Å². The predicted molar refractivity (Wildman–Crippen MR) is 88.5 cm³/mol. The summed E-state index contributed by atoms with van der Waals surface area (Å²) in [6.45, 7) is 10.8. The zero-order chi connectivity index (χ0) is 16.0. The van der Waals surface area contributed by atoms with Crippen LogP contribution in [0.15, 0.2) is 24.3 Å². The highest BCUT2D eigenvalue weighted by Crippen LogP contribution is 2.11. The SMILES string of the molecule is CC(C)NCc1cccc(CS(=O)(=O)NC(C)C(C)C)c1. The van der Waals surface area contributed by atoms with Gasteiger partial charge in [-0.15, -0.1) is 0 Å². The molecule has 0 spiro atoms. The minimum Gasteiger partial charge on any atom is -0.310 e. The Morgan fingerprint density at radius 2 is 1.67 bits per heavy atom. The summed E-state index contributed by atoms with van der Waals surface area (Å²) in [5.74, 6) is 0.306. The summed E-state index contributed by atoms with van der Waals surface area (Å²) >= 11 is 0. The largest absolute Gasteiger partial charge is 0.310 e. The highest BCUT2D eigenvalue weighted by Gasteiger charge is 2.17. The Kier molecular flexibility index (Phi) is 6.84. The molecule has 0 aromatic heterocycles. The van der Waals surface area contributed by atoms with Gasteiger partial charge in [0.05, 0.1) is 5.75 Å². The summed E-state index contributed by atoms with van der Waals surface area (Å²) in [4.78, 5) is 0. The molecule has 1 aromatic carbocycles. The zero-order valence-electron chi connectivity index (χ0n) is 13.7. The molecule has 5 heteroatoms. The third kappa shape index (κ3) is 7.07. The predicted octanol–water partition coefficient (Wildman–Crippen LogP) is 2.65. The molecule has 0 aliphatic heterocycles. The molecule has 1 aromatic rings. The van der Waals surface area contributed by atoms with Crippen molar-refractivity contribution in [2.75, 3.05) is 0 Å². The highest BCUT2D eigenvalue weighted by atomic mass is 32.2. The minimum absolute atomic E-state index is 0.0274. The number of nitrogens with one attached hydrogen (secondary N) is 2. The summed E-state index contributed by atoms with van der Waals surface area (Å²) in [7, 11) is -3.30. The lowest BCUT2D eigenvalue weighted by Crippen LogP contribution is -2.36. The smallest absolute Gasteiger partial charge is 0.216 e. The van der Waals surface area contributed by atoms with E-state index in [0.29, 0.717) is 6.04 Å². The van der Waals surface area contributed by atoms with Crippen LogP contribution in [-0.2, 0) is 22.3 Å². The second-order valence-corrected chi connectivity index (χ2v) is 8.02. The molecule has 21 heavy (non-hydrogen) atoms. The van der Waals surface area contributed by atoms with Gasteiger partial charge in [-0.25, -0.2) is 13.1 Å².